The SMILES string of the molecule is C=CS(=O)(=O)NC[C@H]1CCN(S(=O)(=O)c2ccccc2C)C1. The minimum absolute atomic E-state index is 0.0338. The number of nitrogens with one attached hydrogen (secondary N) is 1. The molecule has 0 spiro atoms. The molecule has 1 aliphatic heterocycles. The van der Waals surface area contributed by atoms with E-state index >= 15 is 0 Å². The summed E-state index contributed by atoms with van der Waals surface area (Å²) in [6, 6.07) is 6.86. The predicted molar refractivity (Wildman–Crippen MR) is 85.2 cm³/mol. The third-order valence-corrected chi connectivity index (χ3v) is 6.79. The van der Waals surface area contributed by atoms with Gasteiger partial charge in [-0.25, -0.2) is 21.6 Å². The molecule has 122 valence electrons. The second-order valence-corrected chi connectivity index (χ2v) is 8.96. The van der Waals surface area contributed by atoms with E-state index in [1.807, 2.05) is 0 Å². The van der Waals surface area contributed by atoms with Crippen molar-refractivity contribution in [3.8, 4) is 0 Å². The van der Waals surface area contributed by atoms with Gasteiger partial charge in [0, 0.05) is 25.0 Å². The van der Waals surface area contributed by atoms with Gasteiger partial charge in [0.25, 0.3) is 0 Å². The summed E-state index contributed by atoms with van der Waals surface area (Å²) in [5, 5.41) is 0.851. The minimum Gasteiger partial charge on any atom is -0.211 e. The van der Waals surface area contributed by atoms with Crippen LogP contribution in [-0.4, -0.2) is 40.8 Å². The van der Waals surface area contributed by atoms with E-state index in [4.69, 9.17) is 0 Å². The zero-order valence-corrected chi connectivity index (χ0v) is 14.0. The molecule has 0 aromatic heterocycles. The molecule has 1 atom stereocenters. The van der Waals surface area contributed by atoms with Gasteiger partial charge in [-0.1, -0.05) is 24.8 Å². The standard InChI is InChI=1S/C14H20N2O4S2/c1-3-21(17,18)15-10-13-8-9-16(11-13)22(19,20)14-7-5-4-6-12(14)2/h3-7,13,15H,1,8-11H2,2H3/t13-/m1/s1. The fourth-order valence-corrected chi connectivity index (χ4v) is 4.80. The summed E-state index contributed by atoms with van der Waals surface area (Å²) in [5.41, 5.74) is 0.707. The van der Waals surface area contributed by atoms with Gasteiger partial charge < -0.3 is 0 Å². The van der Waals surface area contributed by atoms with Gasteiger partial charge in [-0.15, -0.1) is 0 Å². The molecule has 6 nitrogen and oxygen atoms in total. The molecular formula is C14H20N2O4S2. The first-order chi connectivity index (χ1) is 10.3. The number of benzene rings is 1. The highest BCUT2D eigenvalue weighted by atomic mass is 32.2. The van der Waals surface area contributed by atoms with Crippen LogP contribution in [0, 0.1) is 12.8 Å². The Kier molecular flexibility index (Phi) is 5.06. The molecule has 0 amide bonds. The lowest BCUT2D eigenvalue weighted by atomic mass is 10.1. The zero-order valence-electron chi connectivity index (χ0n) is 12.4. The van der Waals surface area contributed by atoms with E-state index < -0.39 is 20.0 Å². The van der Waals surface area contributed by atoms with Crippen LogP contribution in [0.3, 0.4) is 0 Å². The molecule has 1 aromatic rings. The van der Waals surface area contributed by atoms with Crippen molar-refractivity contribution in [3.05, 3.63) is 41.8 Å². The molecule has 22 heavy (non-hydrogen) atoms. The lowest BCUT2D eigenvalue weighted by molar-refractivity contribution is 0.454. The lowest BCUT2D eigenvalue weighted by Gasteiger charge is -2.18. The van der Waals surface area contributed by atoms with Crippen LogP contribution in [0.4, 0.5) is 0 Å². The number of aryl methyl sites for hydroxylation is 1. The summed E-state index contributed by atoms with van der Waals surface area (Å²) in [6.07, 6.45) is 0.630. The molecule has 2 rings (SSSR count). The van der Waals surface area contributed by atoms with Crippen LogP contribution in [0.2, 0.25) is 0 Å². The third kappa shape index (κ3) is 3.75. The van der Waals surface area contributed by atoms with Crippen LogP contribution in [0.25, 0.3) is 0 Å². The maximum atomic E-state index is 12.6. The van der Waals surface area contributed by atoms with E-state index in [1.54, 1.807) is 31.2 Å². The van der Waals surface area contributed by atoms with Crippen LogP contribution < -0.4 is 4.72 Å². The topological polar surface area (TPSA) is 83.6 Å². The molecule has 1 fully saturated rings. The Morgan fingerprint density at radius 2 is 2.00 bits per heavy atom. The van der Waals surface area contributed by atoms with E-state index in [0.717, 1.165) is 5.41 Å². The molecular weight excluding hydrogens is 324 g/mol. The molecule has 8 heteroatoms. The summed E-state index contributed by atoms with van der Waals surface area (Å²) in [4.78, 5) is 0.308. The summed E-state index contributed by atoms with van der Waals surface area (Å²) in [6.45, 7) is 5.92. The molecule has 1 aliphatic rings. The Balaban J connectivity index is 2.07. The lowest BCUT2D eigenvalue weighted by Crippen LogP contribution is -2.32. The van der Waals surface area contributed by atoms with Crippen LogP contribution >= 0.6 is 0 Å². The van der Waals surface area contributed by atoms with Crippen molar-refractivity contribution >= 4 is 20.0 Å². The van der Waals surface area contributed by atoms with E-state index in [1.165, 1.54) is 4.31 Å². The Labute approximate surface area is 131 Å². The third-order valence-electron chi connectivity index (χ3n) is 3.75. The van der Waals surface area contributed by atoms with E-state index in [9.17, 15) is 16.8 Å². The first kappa shape index (κ1) is 17.1. The van der Waals surface area contributed by atoms with Gasteiger partial charge in [0.15, 0.2) is 0 Å². The molecule has 0 aliphatic carbocycles. The van der Waals surface area contributed by atoms with Gasteiger partial charge in [-0.2, -0.15) is 4.31 Å². The van der Waals surface area contributed by atoms with Gasteiger partial charge in [-0.05, 0) is 30.9 Å². The van der Waals surface area contributed by atoms with Crippen molar-refractivity contribution in [2.75, 3.05) is 19.6 Å². The molecule has 0 radical (unpaired) electrons. The van der Waals surface area contributed by atoms with Gasteiger partial charge in [-0.3, -0.25) is 0 Å². The molecule has 1 aromatic carbocycles. The first-order valence-electron chi connectivity index (χ1n) is 6.94. The molecule has 0 unspecified atom stereocenters. The number of hydrogen-bond donors (Lipinski definition) is 1. The van der Waals surface area contributed by atoms with Gasteiger partial charge in [0.1, 0.15) is 0 Å². The maximum absolute atomic E-state index is 12.6. The highest BCUT2D eigenvalue weighted by Gasteiger charge is 2.33. The van der Waals surface area contributed by atoms with Crippen LogP contribution in [-0.2, 0) is 20.0 Å². The van der Waals surface area contributed by atoms with E-state index in [2.05, 4.69) is 11.3 Å². The minimum atomic E-state index is -3.53. The van der Waals surface area contributed by atoms with Crippen LogP contribution in [0.5, 0.6) is 0 Å². The van der Waals surface area contributed by atoms with Crippen LogP contribution in [0.15, 0.2) is 41.1 Å². The summed E-state index contributed by atoms with van der Waals surface area (Å²) in [7, 11) is -7.00. The first-order valence-corrected chi connectivity index (χ1v) is 9.93. The second-order valence-electron chi connectivity index (χ2n) is 5.34. The highest BCUT2D eigenvalue weighted by Crippen LogP contribution is 2.25. The highest BCUT2D eigenvalue weighted by molar-refractivity contribution is 7.92. The largest absolute Gasteiger partial charge is 0.243 e. The summed E-state index contributed by atoms with van der Waals surface area (Å²) < 4.78 is 51.8. The van der Waals surface area contributed by atoms with Gasteiger partial charge in [0.2, 0.25) is 20.0 Å². The zero-order chi connectivity index (χ0) is 16.4. The molecule has 1 heterocycles. The van der Waals surface area contributed by atoms with Crippen molar-refractivity contribution in [1.29, 1.82) is 0 Å². The quantitative estimate of drug-likeness (QED) is 0.837. The number of nitrogens with zero attached hydrogens (tertiary/aromatic N) is 1. The fourth-order valence-electron chi connectivity index (χ4n) is 2.46. The Bertz CT molecular complexity index is 757. The second kappa shape index (κ2) is 6.49. The molecule has 0 saturated carbocycles. The summed E-state index contributed by atoms with van der Waals surface area (Å²) in [5.74, 6) is -0.0338. The maximum Gasteiger partial charge on any atom is 0.243 e. The van der Waals surface area contributed by atoms with Crippen molar-refractivity contribution < 1.29 is 16.8 Å². The van der Waals surface area contributed by atoms with Crippen LogP contribution in [0.1, 0.15) is 12.0 Å². The van der Waals surface area contributed by atoms with E-state index in [0.29, 0.717) is 30.0 Å². The molecule has 0 bridgehead atoms. The van der Waals surface area contributed by atoms with Crippen molar-refractivity contribution in [2.24, 2.45) is 5.92 Å². The van der Waals surface area contributed by atoms with Crippen molar-refractivity contribution in [3.63, 3.8) is 0 Å². The smallest absolute Gasteiger partial charge is 0.211 e. The average molecular weight is 344 g/mol. The number of rotatable bonds is 6. The predicted octanol–water partition coefficient (Wildman–Crippen LogP) is 1.07. The molecule has 1 saturated heterocycles. The normalized spacial score (nSPS) is 20.1. The monoisotopic (exact) mass is 344 g/mol. The Morgan fingerprint density at radius 1 is 1.32 bits per heavy atom. The van der Waals surface area contributed by atoms with E-state index in [-0.39, 0.29) is 12.5 Å². The van der Waals surface area contributed by atoms with Crippen molar-refractivity contribution in [2.45, 2.75) is 18.2 Å². The fraction of sp³-hybridized carbons (Fsp3) is 0.429. The van der Waals surface area contributed by atoms with Gasteiger partial charge in [0.05, 0.1) is 4.90 Å². The molecule has 1 N–H and O–H groups in total. The number of sulfonamides is 2. The van der Waals surface area contributed by atoms with Crippen molar-refractivity contribution in [1.82, 2.24) is 9.03 Å². The Morgan fingerprint density at radius 3 is 2.64 bits per heavy atom. The van der Waals surface area contributed by atoms with Gasteiger partial charge >= 0.3 is 0 Å². The number of hydrogen-bond acceptors (Lipinski definition) is 4. The Hall–Kier alpha value is -1.22. The average Bonchev–Trinajstić information content (AvgIpc) is 2.95. The summed E-state index contributed by atoms with van der Waals surface area (Å²) >= 11 is 0.